The van der Waals surface area contributed by atoms with Crippen LogP contribution in [0.1, 0.15) is 22.3 Å². The van der Waals surface area contributed by atoms with Gasteiger partial charge in [-0.2, -0.15) is 25.8 Å². The van der Waals surface area contributed by atoms with Crippen LogP contribution in [0.5, 0.6) is 0 Å². The molecule has 0 aromatic heterocycles. The van der Waals surface area contributed by atoms with Gasteiger partial charge in [-0.15, -0.1) is 0 Å². The molecule has 0 fully saturated rings. The van der Waals surface area contributed by atoms with Crippen LogP contribution >= 0.6 is 12.6 Å². The van der Waals surface area contributed by atoms with Gasteiger partial charge in [0.1, 0.15) is 0 Å². The average Bonchev–Trinajstić information content (AvgIpc) is 2.17. The summed E-state index contributed by atoms with van der Waals surface area (Å²) in [6, 6.07) is 4.42. The van der Waals surface area contributed by atoms with Crippen LogP contribution in [-0.2, 0) is 6.18 Å². The summed E-state index contributed by atoms with van der Waals surface area (Å²) in [5.74, 6) is 0.00540. The van der Waals surface area contributed by atoms with Crippen molar-refractivity contribution in [3.63, 3.8) is 0 Å². The topological polar surface area (TPSA) is 17.1 Å². The minimum atomic E-state index is -4.41. The van der Waals surface area contributed by atoms with Gasteiger partial charge in [0.05, 0.1) is 5.56 Å². The summed E-state index contributed by atoms with van der Waals surface area (Å²) in [4.78, 5) is 11.3. The Bertz CT molecular complexity index is 360. The maximum Gasteiger partial charge on any atom is 0.416 e. The van der Waals surface area contributed by atoms with Crippen molar-refractivity contribution in [2.24, 2.45) is 0 Å². The predicted octanol–water partition coefficient (Wildman–Crippen LogP) is 3.21. The third-order valence-electron chi connectivity index (χ3n) is 1.85. The van der Waals surface area contributed by atoms with Crippen LogP contribution in [0.4, 0.5) is 13.2 Å². The number of carbonyl (C=O) groups is 1. The molecule has 0 saturated carbocycles. The van der Waals surface area contributed by atoms with E-state index in [-0.39, 0.29) is 17.8 Å². The Morgan fingerprint density at radius 3 is 2.53 bits per heavy atom. The lowest BCUT2D eigenvalue weighted by Gasteiger charge is -2.07. The second-order valence-corrected chi connectivity index (χ2v) is 3.42. The predicted molar refractivity (Wildman–Crippen MR) is 54.2 cm³/mol. The maximum atomic E-state index is 12.3. The fourth-order valence-electron chi connectivity index (χ4n) is 1.11. The van der Waals surface area contributed by atoms with Crippen molar-refractivity contribution in [3.05, 3.63) is 35.4 Å². The van der Waals surface area contributed by atoms with Crippen LogP contribution in [0.25, 0.3) is 0 Å². The molecule has 0 radical (unpaired) electrons. The summed E-state index contributed by atoms with van der Waals surface area (Å²) in [6.45, 7) is 0. The minimum Gasteiger partial charge on any atom is -0.294 e. The number of rotatable bonds is 3. The lowest BCUT2D eigenvalue weighted by Crippen LogP contribution is -2.07. The molecule has 15 heavy (non-hydrogen) atoms. The highest BCUT2D eigenvalue weighted by Gasteiger charge is 2.30. The Hall–Kier alpha value is -0.970. The van der Waals surface area contributed by atoms with Crippen molar-refractivity contribution in [2.75, 3.05) is 5.75 Å². The SMILES string of the molecule is O=C(CCS)c1cccc(C(F)(F)F)c1. The van der Waals surface area contributed by atoms with E-state index in [0.717, 1.165) is 12.1 Å². The van der Waals surface area contributed by atoms with Crippen LogP contribution in [-0.4, -0.2) is 11.5 Å². The van der Waals surface area contributed by atoms with Crippen LogP contribution in [0.2, 0.25) is 0 Å². The van der Waals surface area contributed by atoms with E-state index in [0.29, 0.717) is 5.75 Å². The Kier molecular flexibility index (Phi) is 3.79. The third-order valence-corrected chi connectivity index (χ3v) is 2.07. The van der Waals surface area contributed by atoms with Gasteiger partial charge in [-0.3, -0.25) is 4.79 Å². The molecule has 0 heterocycles. The average molecular weight is 234 g/mol. The maximum absolute atomic E-state index is 12.3. The van der Waals surface area contributed by atoms with Gasteiger partial charge in [0.2, 0.25) is 0 Å². The second-order valence-electron chi connectivity index (χ2n) is 2.98. The Morgan fingerprint density at radius 1 is 1.33 bits per heavy atom. The zero-order valence-electron chi connectivity index (χ0n) is 7.71. The first-order valence-electron chi connectivity index (χ1n) is 4.26. The molecular formula is C10H9F3OS. The van der Waals surface area contributed by atoms with Crippen molar-refractivity contribution in [1.82, 2.24) is 0 Å². The minimum absolute atomic E-state index is 0.0823. The van der Waals surface area contributed by atoms with E-state index >= 15 is 0 Å². The van der Waals surface area contributed by atoms with Gasteiger partial charge in [-0.25, -0.2) is 0 Å². The number of benzene rings is 1. The fourth-order valence-corrected chi connectivity index (χ4v) is 1.32. The van der Waals surface area contributed by atoms with Crippen LogP contribution in [0.3, 0.4) is 0 Å². The molecule has 82 valence electrons. The summed E-state index contributed by atoms with van der Waals surface area (Å²) >= 11 is 3.85. The quantitative estimate of drug-likeness (QED) is 0.627. The van der Waals surface area contributed by atoms with E-state index < -0.39 is 11.7 Å². The molecule has 0 amide bonds. The molecule has 1 aromatic carbocycles. The fraction of sp³-hybridized carbons (Fsp3) is 0.300. The highest BCUT2D eigenvalue weighted by molar-refractivity contribution is 7.80. The summed E-state index contributed by atoms with van der Waals surface area (Å²) < 4.78 is 36.9. The van der Waals surface area contributed by atoms with Gasteiger partial charge in [0, 0.05) is 12.0 Å². The molecule has 5 heteroatoms. The number of Topliss-reactive ketones (excluding diaryl/α,β-unsaturated/α-hetero) is 1. The van der Waals surface area contributed by atoms with E-state index in [1.807, 2.05) is 0 Å². The van der Waals surface area contributed by atoms with E-state index in [2.05, 4.69) is 12.6 Å². The second kappa shape index (κ2) is 4.70. The summed E-state index contributed by atoms with van der Waals surface area (Å²) in [6.07, 6.45) is -4.26. The smallest absolute Gasteiger partial charge is 0.294 e. The van der Waals surface area contributed by atoms with E-state index in [1.165, 1.54) is 12.1 Å². The molecule has 0 atom stereocenters. The van der Waals surface area contributed by atoms with Gasteiger partial charge >= 0.3 is 6.18 Å². The van der Waals surface area contributed by atoms with Crippen molar-refractivity contribution < 1.29 is 18.0 Å². The standard InChI is InChI=1S/C10H9F3OS/c11-10(12,13)8-3-1-2-7(6-8)9(14)4-5-15/h1-3,6,15H,4-5H2. The molecule has 0 unspecified atom stereocenters. The highest BCUT2D eigenvalue weighted by atomic mass is 32.1. The normalized spacial score (nSPS) is 11.5. The first kappa shape index (κ1) is 12.1. The molecule has 0 aliphatic rings. The molecular weight excluding hydrogens is 225 g/mol. The number of thiol groups is 1. The lowest BCUT2D eigenvalue weighted by atomic mass is 10.1. The van der Waals surface area contributed by atoms with Gasteiger partial charge in [0.25, 0.3) is 0 Å². The lowest BCUT2D eigenvalue weighted by molar-refractivity contribution is -0.137. The first-order chi connectivity index (χ1) is 6.95. The third kappa shape index (κ3) is 3.27. The summed E-state index contributed by atoms with van der Waals surface area (Å²) in [5, 5.41) is 0. The van der Waals surface area contributed by atoms with Gasteiger partial charge in [-0.1, -0.05) is 12.1 Å². The zero-order chi connectivity index (χ0) is 11.5. The number of hydrogen-bond donors (Lipinski definition) is 1. The number of halogens is 3. The van der Waals surface area contributed by atoms with Crippen LogP contribution in [0.15, 0.2) is 24.3 Å². The first-order valence-corrected chi connectivity index (χ1v) is 4.89. The van der Waals surface area contributed by atoms with E-state index in [1.54, 1.807) is 0 Å². The highest BCUT2D eigenvalue weighted by Crippen LogP contribution is 2.29. The molecule has 0 aliphatic heterocycles. The molecule has 1 nitrogen and oxygen atoms in total. The van der Waals surface area contributed by atoms with Crippen molar-refractivity contribution in [2.45, 2.75) is 12.6 Å². The number of alkyl halides is 3. The Morgan fingerprint density at radius 2 is 2.00 bits per heavy atom. The Balaban J connectivity index is 2.98. The number of hydrogen-bond acceptors (Lipinski definition) is 2. The van der Waals surface area contributed by atoms with E-state index in [4.69, 9.17) is 0 Å². The molecule has 0 aliphatic carbocycles. The summed E-state index contributed by atoms with van der Waals surface area (Å²) in [5.41, 5.74) is -0.716. The molecule has 1 aromatic rings. The number of carbonyl (C=O) groups excluding carboxylic acids is 1. The van der Waals surface area contributed by atoms with Crippen LogP contribution < -0.4 is 0 Å². The van der Waals surface area contributed by atoms with Crippen molar-refractivity contribution >= 4 is 18.4 Å². The van der Waals surface area contributed by atoms with Gasteiger partial charge in [0.15, 0.2) is 5.78 Å². The van der Waals surface area contributed by atoms with Crippen molar-refractivity contribution in [3.8, 4) is 0 Å². The van der Waals surface area contributed by atoms with Crippen LogP contribution in [0, 0.1) is 0 Å². The molecule has 0 N–H and O–H groups in total. The number of ketones is 1. The van der Waals surface area contributed by atoms with Gasteiger partial charge in [-0.05, 0) is 17.9 Å². The van der Waals surface area contributed by atoms with Crippen molar-refractivity contribution in [1.29, 1.82) is 0 Å². The molecule has 0 saturated heterocycles. The molecule has 0 bridgehead atoms. The summed E-state index contributed by atoms with van der Waals surface area (Å²) in [7, 11) is 0. The monoisotopic (exact) mass is 234 g/mol. The van der Waals surface area contributed by atoms with E-state index in [9.17, 15) is 18.0 Å². The largest absolute Gasteiger partial charge is 0.416 e. The molecule has 1 rings (SSSR count). The van der Waals surface area contributed by atoms with Gasteiger partial charge < -0.3 is 0 Å². The Labute approximate surface area is 90.7 Å². The zero-order valence-corrected chi connectivity index (χ0v) is 8.61. The molecule has 0 spiro atoms.